The van der Waals surface area contributed by atoms with Gasteiger partial charge in [0.25, 0.3) is 0 Å². The van der Waals surface area contributed by atoms with Gasteiger partial charge in [-0.15, -0.1) is 0 Å². The van der Waals surface area contributed by atoms with Crippen molar-refractivity contribution in [3.8, 4) is 0 Å². The highest BCUT2D eigenvalue weighted by molar-refractivity contribution is 7.90. The van der Waals surface area contributed by atoms with Crippen LogP contribution in [0.25, 0.3) is 0 Å². The molecule has 3 N–H and O–H groups in total. The van der Waals surface area contributed by atoms with E-state index >= 15 is 0 Å². The lowest BCUT2D eigenvalue weighted by molar-refractivity contribution is 0.194. The summed E-state index contributed by atoms with van der Waals surface area (Å²) in [6, 6.07) is 0. The van der Waals surface area contributed by atoms with Gasteiger partial charge in [0, 0.05) is 19.3 Å². The molecule has 0 saturated heterocycles. The largest absolute Gasteiger partial charge is 0.465 e. The lowest BCUT2D eigenvalue weighted by atomic mass is 10.4. The average Bonchev–Trinajstić information content (AvgIpc) is 2.00. The fraction of sp³-hybridized carbons (Fsp3) is 0.857. The topological polar surface area (TPSA) is 95.5 Å². The summed E-state index contributed by atoms with van der Waals surface area (Å²) in [6.07, 6.45) is 0.789. The SMILES string of the molecule is CS(=O)(=O)CCNCCCNC(=O)O. The Kier molecular flexibility index (Phi) is 6.22. The maximum atomic E-state index is 10.7. The molecule has 0 aromatic heterocycles. The van der Waals surface area contributed by atoms with E-state index in [0.717, 1.165) is 0 Å². The first kappa shape index (κ1) is 13.2. The van der Waals surface area contributed by atoms with Crippen LogP contribution in [0.5, 0.6) is 0 Å². The minimum Gasteiger partial charge on any atom is -0.465 e. The van der Waals surface area contributed by atoms with Crippen molar-refractivity contribution >= 4 is 15.9 Å². The Morgan fingerprint density at radius 3 is 2.43 bits per heavy atom. The zero-order chi connectivity index (χ0) is 11.0. The molecule has 0 bridgehead atoms. The molecule has 1 amide bonds. The molecular weight excluding hydrogens is 208 g/mol. The van der Waals surface area contributed by atoms with Crippen molar-refractivity contribution in [2.75, 3.05) is 31.6 Å². The predicted molar refractivity (Wildman–Crippen MR) is 53.2 cm³/mol. The molecule has 0 saturated carbocycles. The summed E-state index contributed by atoms with van der Waals surface area (Å²) >= 11 is 0. The van der Waals surface area contributed by atoms with Gasteiger partial charge in [-0.2, -0.15) is 0 Å². The molecule has 14 heavy (non-hydrogen) atoms. The zero-order valence-corrected chi connectivity index (χ0v) is 8.93. The maximum absolute atomic E-state index is 10.7. The Hall–Kier alpha value is -0.820. The number of rotatable bonds is 7. The summed E-state index contributed by atoms with van der Waals surface area (Å²) in [5, 5.41) is 13.3. The van der Waals surface area contributed by atoms with Crippen LogP contribution in [0.15, 0.2) is 0 Å². The van der Waals surface area contributed by atoms with Crippen LogP contribution in [0, 0.1) is 0 Å². The number of carbonyl (C=O) groups is 1. The number of sulfone groups is 1. The minimum atomic E-state index is -2.90. The average molecular weight is 224 g/mol. The lowest BCUT2D eigenvalue weighted by Gasteiger charge is -2.03. The Balaban J connectivity index is 3.19. The molecule has 0 aliphatic heterocycles. The molecule has 0 unspecified atom stereocenters. The number of amides is 1. The Morgan fingerprint density at radius 2 is 1.93 bits per heavy atom. The van der Waals surface area contributed by atoms with Crippen LogP contribution >= 0.6 is 0 Å². The number of nitrogens with one attached hydrogen (secondary N) is 2. The fourth-order valence-electron chi connectivity index (χ4n) is 0.791. The summed E-state index contributed by atoms with van der Waals surface area (Å²) in [5.41, 5.74) is 0. The van der Waals surface area contributed by atoms with Crippen molar-refractivity contribution in [2.45, 2.75) is 6.42 Å². The molecule has 0 spiro atoms. The monoisotopic (exact) mass is 224 g/mol. The molecule has 0 aliphatic rings. The molecule has 84 valence electrons. The fourth-order valence-corrected chi connectivity index (χ4v) is 1.31. The van der Waals surface area contributed by atoms with Gasteiger partial charge in [0.15, 0.2) is 0 Å². The molecule has 0 aromatic carbocycles. The van der Waals surface area contributed by atoms with Crippen LogP contribution in [0.2, 0.25) is 0 Å². The van der Waals surface area contributed by atoms with Crippen molar-refractivity contribution in [3.63, 3.8) is 0 Å². The first-order valence-electron chi connectivity index (χ1n) is 4.27. The second-order valence-corrected chi connectivity index (χ2v) is 5.23. The van der Waals surface area contributed by atoms with Gasteiger partial charge < -0.3 is 15.7 Å². The van der Waals surface area contributed by atoms with Crippen LogP contribution in [-0.4, -0.2) is 51.3 Å². The predicted octanol–water partition coefficient (Wildman–Crippen LogP) is -0.722. The molecule has 0 atom stereocenters. The van der Waals surface area contributed by atoms with Gasteiger partial charge in [0.1, 0.15) is 9.84 Å². The third-order valence-corrected chi connectivity index (χ3v) is 2.40. The number of hydrogen-bond donors (Lipinski definition) is 3. The maximum Gasteiger partial charge on any atom is 0.404 e. The van der Waals surface area contributed by atoms with Crippen LogP contribution in [0.1, 0.15) is 6.42 Å². The lowest BCUT2D eigenvalue weighted by Crippen LogP contribution is -2.28. The standard InChI is InChI=1S/C7H16N2O4S/c1-14(12,13)6-5-8-3-2-4-9-7(10)11/h8-9H,2-6H2,1H3,(H,10,11). The molecule has 0 aliphatic carbocycles. The summed E-state index contributed by atoms with van der Waals surface area (Å²) in [5.74, 6) is 0.110. The van der Waals surface area contributed by atoms with E-state index in [1.165, 1.54) is 6.26 Å². The van der Waals surface area contributed by atoms with Gasteiger partial charge in [-0.3, -0.25) is 0 Å². The van der Waals surface area contributed by atoms with Crippen molar-refractivity contribution in [1.82, 2.24) is 10.6 Å². The van der Waals surface area contributed by atoms with Crippen LogP contribution in [0.3, 0.4) is 0 Å². The molecule has 6 nitrogen and oxygen atoms in total. The van der Waals surface area contributed by atoms with E-state index in [9.17, 15) is 13.2 Å². The van der Waals surface area contributed by atoms with E-state index in [1.807, 2.05) is 0 Å². The Labute approximate surface area is 83.6 Å². The number of hydrogen-bond acceptors (Lipinski definition) is 4. The molecule has 7 heteroatoms. The van der Waals surface area contributed by atoms with Gasteiger partial charge in [0.05, 0.1) is 5.75 Å². The highest BCUT2D eigenvalue weighted by Crippen LogP contribution is 1.80. The van der Waals surface area contributed by atoms with Gasteiger partial charge in [-0.05, 0) is 13.0 Å². The van der Waals surface area contributed by atoms with Crippen molar-refractivity contribution < 1.29 is 18.3 Å². The first-order chi connectivity index (χ1) is 6.42. The second-order valence-electron chi connectivity index (χ2n) is 2.97. The van der Waals surface area contributed by atoms with E-state index in [4.69, 9.17) is 5.11 Å². The number of carboxylic acid groups (broad SMARTS) is 1. The highest BCUT2D eigenvalue weighted by atomic mass is 32.2. The third kappa shape index (κ3) is 11.2. The summed E-state index contributed by atoms with van der Waals surface area (Å²) < 4.78 is 21.4. The van der Waals surface area contributed by atoms with E-state index in [2.05, 4.69) is 10.6 Å². The minimum absolute atomic E-state index is 0.110. The third-order valence-electron chi connectivity index (χ3n) is 1.46. The van der Waals surface area contributed by atoms with E-state index < -0.39 is 15.9 Å². The van der Waals surface area contributed by atoms with Gasteiger partial charge in [-0.25, -0.2) is 13.2 Å². The van der Waals surface area contributed by atoms with Crippen LogP contribution < -0.4 is 10.6 Å². The smallest absolute Gasteiger partial charge is 0.404 e. The van der Waals surface area contributed by atoms with E-state index in [-0.39, 0.29) is 5.75 Å². The van der Waals surface area contributed by atoms with Crippen molar-refractivity contribution in [1.29, 1.82) is 0 Å². The molecule has 0 heterocycles. The normalized spacial score (nSPS) is 11.2. The van der Waals surface area contributed by atoms with Crippen LogP contribution in [0.4, 0.5) is 4.79 Å². The van der Waals surface area contributed by atoms with E-state index in [1.54, 1.807) is 0 Å². The molecular formula is C7H16N2O4S. The van der Waals surface area contributed by atoms with Crippen molar-refractivity contribution in [3.05, 3.63) is 0 Å². The van der Waals surface area contributed by atoms with E-state index in [0.29, 0.717) is 26.1 Å². The van der Waals surface area contributed by atoms with Crippen LogP contribution in [-0.2, 0) is 9.84 Å². The quantitative estimate of drug-likeness (QED) is 0.496. The Bertz CT molecular complexity index is 263. The van der Waals surface area contributed by atoms with Crippen molar-refractivity contribution in [2.24, 2.45) is 0 Å². The highest BCUT2D eigenvalue weighted by Gasteiger charge is 2.00. The van der Waals surface area contributed by atoms with Gasteiger partial charge >= 0.3 is 6.09 Å². The second kappa shape index (κ2) is 6.61. The summed E-state index contributed by atoms with van der Waals surface area (Å²) in [7, 11) is -2.90. The zero-order valence-electron chi connectivity index (χ0n) is 8.12. The Morgan fingerprint density at radius 1 is 1.29 bits per heavy atom. The molecule has 0 rings (SSSR count). The molecule has 0 aromatic rings. The van der Waals surface area contributed by atoms with Gasteiger partial charge in [-0.1, -0.05) is 0 Å². The molecule has 0 fully saturated rings. The summed E-state index contributed by atoms with van der Waals surface area (Å²) in [6.45, 7) is 1.39. The molecule has 0 radical (unpaired) electrons. The van der Waals surface area contributed by atoms with Gasteiger partial charge in [0.2, 0.25) is 0 Å². The first-order valence-corrected chi connectivity index (χ1v) is 6.33. The summed E-state index contributed by atoms with van der Waals surface area (Å²) in [4.78, 5) is 10.0.